The third-order valence-electron chi connectivity index (χ3n) is 1.97. The van der Waals surface area contributed by atoms with Gasteiger partial charge in [0.2, 0.25) is 0 Å². The molecule has 0 saturated carbocycles. The lowest BCUT2D eigenvalue weighted by Gasteiger charge is -2.21. The van der Waals surface area contributed by atoms with E-state index in [1.54, 1.807) is 0 Å². The van der Waals surface area contributed by atoms with Crippen molar-refractivity contribution in [3.63, 3.8) is 0 Å². The lowest BCUT2D eigenvalue weighted by atomic mass is 10.0. The summed E-state index contributed by atoms with van der Waals surface area (Å²) in [7, 11) is 0. The van der Waals surface area contributed by atoms with Crippen molar-refractivity contribution in [3.8, 4) is 0 Å². The molecule has 3 N–H and O–H groups in total. The molecule has 15 heavy (non-hydrogen) atoms. The normalized spacial score (nSPS) is 14.0. The molecule has 2 nitrogen and oxygen atoms in total. The van der Waals surface area contributed by atoms with Crippen molar-refractivity contribution in [3.05, 3.63) is 34.1 Å². The highest BCUT2D eigenvalue weighted by atomic mass is 79.9. The van der Waals surface area contributed by atoms with Gasteiger partial charge in [0, 0.05) is 0 Å². The Labute approximate surface area is 93.0 Å². The largest absolute Gasteiger partial charge is 0.390 e. The second kappa shape index (κ2) is 4.51. The lowest BCUT2D eigenvalue weighted by Crippen LogP contribution is -2.36. The van der Waals surface area contributed by atoms with Crippen LogP contribution in [0.2, 0.25) is 0 Å². The highest BCUT2D eigenvalue weighted by Crippen LogP contribution is 2.30. The van der Waals surface area contributed by atoms with Crippen LogP contribution in [-0.4, -0.2) is 17.6 Å². The second-order valence-corrected chi connectivity index (χ2v) is 3.92. The van der Waals surface area contributed by atoms with E-state index in [1.165, 1.54) is 6.07 Å². The van der Waals surface area contributed by atoms with Crippen molar-refractivity contribution in [2.24, 2.45) is 5.73 Å². The van der Waals surface area contributed by atoms with Gasteiger partial charge >= 0.3 is 0 Å². The number of benzene rings is 1. The van der Waals surface area contributed by atoms with E-state index in [9.17, 15) is 13.2 Å². The average molecular weight is 284 g/mol. The minimum atomic E-state index is -3.42. The van der Waals surface area contributed by atoms with Gasteiger partial charge in [0.05, 0.1) is 10.5 Å². The van der Waals surface area contributed by atoms with Crippen LogP contribution in [0.4, 0.5) is 13.2 Å². The van der Waals surface area contributed by atoms with Crippen molar-refractivity contribution in [2.45, 2.75) is 12.0 Å². The minimum absolute atomic E-state index is 0.0577. The summed E-state index contributed by atoms with van der Waals surface area (Å²) >= 11 is 2.87. The molecule has 1 aromatic rings. The fraction of sp³-hybridized carbons (Fsp3) is 0.333. The van der Waals surface area contributed by atoms with Gasteiger partial charge in [-0.1, -0.05) is 6.07 Å². The zero-order valence-corrected chi connectivity index (χ0v) is 9.14. The molecular formula is C9H9BrF3NO. The molecule has 0 radical (unpaired) electrons. The summed E-state index contributed by atoms with van der Waals surface area (Å²) in [6, 6.07) is 1.71. The Hall–Kier alpha value is -0.590. The number of rotatable bonds is 3. The molecule has 84 valence electrons. The van der Waals surface area contributed by atoms with E-state index in [0.29, 0.717) is 0 Å². The zero-order valence-electron chi connectivity index (χ0n) is 7.55. The van der Waals surface area contributed by atoms with E-state index in [0.717, 1.165) is 12.1 Å². The SMILES string of the molecule is N[C@@H](c1ccc(F)c(Br)c1)C(F)(F)CO. The molecule has 0 aromatic heterocycles. The van der Waals surface area contributed by atoms with E-state index >= 15 is 0 Å². The van der Waals surface area contributed by atoms with Crippen LogP contribution in [0.5, 0.6) is 0 Å². The van der Waals surface area contributed by atoms with Gasteiger partial charge in [0.25, 0.3) is 5.92 Å². The molecule has 0 aliphatic rings. The van der Waals surface area contributed by atoms with E-state index < -0.39 is 24.4 Å². The van der Waals surface area contributed by atoms with Gasteiger partial charge in [-0.15, -0.1) is 0 Å². The smallest absolute Gasteiger partial charge is 0.289 e. The van der Waals surface area contributed by atoms with Crippen LogP contribution in [0.1, 0.15) is 11.6 Å². The van der Waals surface area contributed by atoms with Gasteiger partial charge < -0.3 is 10.8 Å². The predicted molar refractivity (Wildman–Crippen MR) is 53.1 cm³/mol. The van der Waals surface area contributed by atoms with Crippen LogP contribution in [0.25, 0.3) is 0 Å². The molecule has 6 heteroatoms. The topological polar surface area (TPSA) is 46.2 Å². The zero-order chi connectivity index (χ0) is 11.6. The first-order chi connectivity index (χ1) is 6.88. The van der Waals surface area contributed by atoms with Crippen molar-refractivity contribution in [1.82, 2.24) is 0 Å². The molecule has 0 aliphatic carbocycles. The summed E-state index contributed by atoms with van der Waals surface area (Å²) in [4.78, 5) is 0. The number of hydrogen-bond acceptors (Lipinski definition) is 2. The summed E-state index contributed by atoms with van der Waals surface area (Å²) in [5.41, 5.74) is 5.31. The van der Waals surface area contributed by atoms with E-state index in [-0.39, 0.29) is 10.0 Å². The fourth-order valence-electron chi connectivity index (χ4n) is 1.05. The Morgan fingerprint density at radius 2 is 2.07 bits per heavy atom. The highest BCUT2D eigenvalue weighted by Gasteiger charge is 2.37. The summed E-state index contributed by atoms with van der Waals surface area (Å²) in [5, 5.41) is 8.43. The Morgan fingerprint density at radius 3 is 2.53 bits per heavy atom. The van der Waals surface area contributed by atoms with Gasteiger partial charge in [-0.3, -0.25) is 0 Å². The van der Waals surface area contributed by atoms with Gasteiger partial charge in [-0.2, -0.15) is 0 Å². The van der Waals surface area contributed by atoms with Crippen molar-refractivity contribution in [1.29, 1.82) is 0 Å². The minimum Gasteiger partial charge on any atom is -0.390 e. The molecule has 0 spiro atoms. The van der Waals surface area contributed by atoms with Crippen molar-refractivity contribution < 1.29 is 18.3 Å². The number of alkyl halides is 2. The molecule has 0 bridgehead atoms. The monoisotopic (exact) mass is 283 g/mol. The van der Waals surface area contributed by atoms with Crippen LogP contribution in [-0.2, 0) is 0 Å². The maximum atomic E-state index is 13.0. The van der Waals surface area contributed by atoms with Crippen molar-refractivity contribution >= 4 is 15.9 Å². The first kappa shape index (κ1) is 12.5. The average Bonchev–Trinajstić information content (AvgIpc) is 2.21. The third kappa shape index (κ3) is 2.70. The Bertz CT molecular complexity index is 359. The number of aliphatic hydroxyl groups is 1. The Balaban J connectivity index is 3.02. The Kier molecular flexibility index (Phi) is 3.75. The third-order valence-corrected chi connectivity index (χ3v) is 2.58. The van der Waals surface area contributed by atoms with Crippen LogP contribution < -0.4 is 5.73 Å². The lowest BCUT2D eigenvalue weighted by molar-refractivity contribution is -0.0712. The van der Waals surface area contributed by atoms with Gasteiger partial charge in [-0.05, 0) is 33.6 Å². The second-order valence-electron chi connectivity index (χ2n) is 3.07. The standard InChI is InChI=1S/C9H9BrF3NO/c10-6-3-5(1-2-7(6)11)8(14)9(12,13)4-15/h1-3,8,15H,4,14H2/t8-/m0/s1. The van der Waals surface area contributed by atoms with Gasteiger partial charge in [-0.25, -0.2) is 13.2 Å². The maximum absolute atomic E-state index is 13.0. The number of halogens is 4. The maximum Gasteiger partial charge on any atom is 0.289 e. The molecule has 1 aromatic carbocycles. The van der Waals surface area contributed by atoms with Crippen LogP contribution in [0.15, 0.2) is 22.7 Å². The summed E-state index contributed by atoms with van der Waals surface area (Å²) in [6.45, 7) is -1.34. The first-order valence-corrected chi connectivity index (χ1v) is 4.87. The number of aliphatic hydroxyl groups excluding tert-OH is 1. The molecule has 0 heterocycles. The molecule has 1 atom stereocenters. The van der Waals surface area contributed by atoms with Gasteiger partial charge in [0.1, 0.15) is 12.4 Å². The Morgan fingerprint density at radius 1 is 1.47 bits per heavy atom. The molecule has 0 saturated heterocycles. The molecular weight excluding hydrogens is 275 g/mol. The first-order valence-electron chi connectivity index (χ1n) is 4.07. The van der Waals surface area contributed by atoms with E-state index in [1.807, 2.05) is 0 Å². The van der Waals surface area contributed by atoms with Crippen LogP contribution in [0, 0.1) is 5.82 Å². The van der Waals surface area contributed by atoms with E-state index in [4.69, 9.17) is 10.8 Å². The molecule has 0 fully saturated rings. The number of nitrogens with two attached hydrogens (primary N) is 1. The van der Waals surface area contributed by atoms with Crippen molar-refractivity contribution in [2.75, 3.05) is 6.61 Å². The predicted octanol–water partition coefficient (Wildman–Crippen LogP) is 2.22. The number of hydrogen-bond donors (Lipinski definition) is 2. The highest BCUT2D eigenvalue weighted by molar-refractivity contribution is 9.10. The molecule has 0 amide bonds. The quantitative estimate of drug-likeness (QED) is 0.894. The van der Waals surface area contributed by atoms with E-state index in [2.05, 4.69) is 15.9 Å². The fourth-order valence-corrected chi connectivity index (χ4v) is 1.44. The van der Waals surface area contributed by atoms with Gasteiger partial charge in [0.15, 0.2) is 0 Å². The van der Waals surface area contributed by atoms with Crippen LogP contribution in [0.3, 0.4) is 0 Å². The molecule has 0 aliphatic heterocycles. The molecule has 1 rings (SSSR count). The summed E-state index contributed by atoms with van der Waals surface area (Å²) in [6.07, 6.45) is 0. The molecule has 0 unspecified atom stereocenters. The summed E-state index contributed by atoms with van der Waals surface area (Å²) < 4.78 is 38.8. The van der Waals surface area contributed by atoms with Crippen LogP contribution >= 0.6 is 15.9 Å². The summed E-state index contributed by atoms with van der Waals surface area (Å²) in [5.74, 6) is -3.98.